The van der Waals surface area contributed by atoms with E-state index < -0.39 is 23.8 Å². The van der Waals surface area contributed by atoms with Gasteiger partial charge in [0.25, 0.3) is 5.91 Å². The lowest BCUT2D eigenvalue weighted by Gasteiger charge is -2.44. The van der Waals surface area contributed by atoms with Crippen molar-refractivity contribution in [1.82, 2.24) is 10.2 Å². The predicted molar refractivity (Wildman–Crippen MR) is 160 cm³/mol. The summed E-state index contributed by atoms with van der Waals surface area (Å²) in [6, 6.07) is 10.1. The smallest absolute Gasteiger partial charge is 0.408 e. The van der Waals surface area contributed by atoms with Gasteiger partial charge in [-0.3, -0.25) is 9.59 Å². The third kappa shape index (κ3) is 7.64. The first kappa shape index (κ1) is 31.2. The minimum absolute atomic E-state index is 0.103. The first-order chi connectivity index (χ1) is 18.7. The third-order valence-electron chi connectivity index (χ3n) is 7.69. The quantitative estimate of drug-likeness (QED) is 0.355. The van der Waals surface area contributed by atoms with Gasteiger partial charge in [-0.1, -0.05) is 67.8 Å². The molecule has 3 rings (SSSR count). The van der Waals surface area contributed by atoms with Crippen LogP contribution >= 0.6 is 0 Å². The predicted octanol–water partition coefficient (Wildman–Crippen LogP) is 6.92. The lowest BCUT2D eigenvalue weighted by molar-refractivity contribution is -0.147. The number of nitrogens with zero attached hydrogens (tertiary/aromatic N) is 1. The zero-order valence-electron chi connectivity index (χ0n) is 25.7. The molecule has 0 aromatic heterocycles. The van der Waals surface area contributed by atoms with Crippen LogP contribution in [-0.4, -0.2) is 40.5 Å². The van der Waals surface area contributed by atoms with Gasteiger partial charge in [-0.15, -0.1) is 0 Å². The van der Waals surface area contributed by atoms with Crippen molar-refractivity contribution in [3.8, 4) is 0 Å². The molecule has 2 N–H and O–H groups in total. The Labute approximate surface area is 240 Å². The number of nitrogens with one attached hydrogen (secondary N) is 2. The van der Waals surface area contributed by atoms with E-state index in [2.05, 4.69) is 16.7 Å². The average molecular weight is 550 g/mol. The number of alkyl carbamates (subject to hydrolysis) is 1. The fourth-order valence-corrected chi connectivity index (χ4v) is 5.27. The number of para-hydroxylation sites is 1. The summed E-state index contributed by atoms with van der Waals surface area (Å²) >= 11 is 0. The second-order valence-electron chi connectivity index (χ2n) is 12.4. The number of carbonyl (C=O) groups excluding carboxylic acids is 3. The van der Waals surface area contributed by atoms with Crippen molar-refractivity contribution in [2.45, 2.75) is 112 Å². The molecule has 7 nitrogen and oxygen atoms in total. The molecule has 1 saturated carbocycles. The lowest BCUT2D eigenvalue weighted by Crippen LogP contribution is -2.58. The molecule has 2 aromatic rings. The Hall–Kier alpha value is -3.35. The number of benzene rings is 2. The number of aryl methyl sites for hydroxylation is 4. The number of carbonyl (C=O) groups is 3. The van der Waals surface area contributed by atoms with Crippen LogP contribution in [0.4, 0.5) is 10.5 Å². The number of amides is 3. The average Bonchev–Trinajstić information content (AvgIpc) is 2.80. The fourth-order valence-electron chi connectivity index (χ4n) is 5.27. The topological polar surface area (TPSA) is 87.7 Å². The van der Waals surface area contributed by atoms with Gasteiger partial charge in [-0.05, 0) is 90.3 Å². The van der Waals surface area contributed by atoms with Crippen LogP contribution in [0.3, 0.4) is 0 Å². The Morgan fingerprint density at radius 1 is 1.00 bits per heavy atom. The van der Waals surface area contributed by atoms with E-state index in [0.717, 1.165) is 52.8 Å². The summed E-state index contributed by atoms with van der Waals surface area (Å²) in [4.78, 5) is 43.4. The van der Waals surface area contributed by atoms with Gasteiger partial charge in [0.2, 0.25) is 5.91 Å². The molecule has 2 aromatic carbocycles. The summed E-state index contributed by atoms with van der Waals surface area (Å²) < 4.78 is 5.52. The van der Waals surface area contributed by atoms with Crippen LogP contribution in [-0.2, 0) is 14.3 Å². The van der Waals surface area contributed by atoms with E-state index in [9.17, 15) is 14.4 Å². The van der Waals surface area contributed by atoms with E-state index in [0.29, 0.717) is 6.42 Å². The number of hydrogen-bond acceptors (Lipinski definition) is 4. The molecular formula is C33H47N3O4. The normalized spacial score (nSPS) is 15.8. The maximum atomic E-state index is 14.5. The van der Waals surface area contributed by atoms with Crippen molar-refractivity contribution in [2.75, 3.05) is 5.32 Å². The molecule has 0 radical (unpaired) electrons. The third-order valence-corrected chi connectivity index (χ3v) is 7.69. The molecule has 0 saturated heterocycles. The van der Waals surface area contributed by atoms with Crippen molar-refractivity contribution < 1.29 is 19.1 Å². The Morgan fingerprint density at radius 3 is 2.05 bits per heavy atom. The van der Waals surface area contributed by atoms with Gasteiger partial charge < -0.3 is 20.3 Å². The summed E-state index contributed by atoms with van der Waals surface area (Å²) in [5, 5.41) is 6.02. The van der Waals surface area contributed by atoms with Crippen LogP contribution in [0, 0.1) is 33.6 Å². The summed E-state index contributed by atoms with van der Waals surface area (Å²) in [7, 11) is 0. The molecule has 3 amide bonds. The zero-order valence-corrected chi connectivity index (χ0v) is 25.7. The van der Waals surface area contributed by atoms with Gasteiger partial charge in [0.15, 0.2) is 0 Å². The standard InChI is InChI=1S/C33H47N3O4/c1-10-22(4)28(35-32(39)40-33(7,8)9)31(38)36(26-15-12-16-26)29(25-18-20(2)17-21(3)19-25)30(37)34-27-23(5)13-11-14-24(27)6/h11,13-14,17-19,22,26,28-29H,10,12,15-16H2,1-9H3,(H,34,37)(H,35,39). The Morgan fingerprint density at radius 2 is 1.57 bits per heavy atom. The largest absolute Gasteiger partial charge is 0.444 e. The van der Waals surface area contributed by atoms with Crippen molar-refractivity contribution in [2.24, 2.45) is 5.92 Å². The van der Waals surface area contributed by atoms with E-state index in [1.165, 1.54) is 0 Å². The molecular weight excluding hydrogens is 502 g/mol. The highest BCUT2D eigenvalue weighted by molar-refractivity contribution is 6.00. The van der Waals surface area contributed by atoms with Gasteiger partial charge in [-0.25, -0.2) is 4.79 Å². The molecule has 0 heterocycles. The molecule has 7 heteroatoms. The monoisotopic (exact) mass is 549 g/mol. The van der Waals surface area contributed by atoms with E-state index >= 15 is 0 Å². The highest BCUT2D eigenvalue weighted by atomic mass is 16.6. The van der Waals surface area contributed by atoms with Gasteiger partial charge in [0.05, 0.1) is 0 Å². The number of anilines is 1. The molecule has 1 fully saturated rings. The molecule has 0 bridgehead atoms. The van der Waals surface area contributed by atoms with Crippen molar-refractivity contribution in [1.29, 1.82) is 0 Å². The van der Waals surface area contributed by atoms with Crippen LogP contribution in [0.15, 0.2) is 36.4 Å². The highest BCUT2D eigenvalue weighted by Crippen LogP contribution is 2.36. The molecule has 0 spiro atoms. The zero-order chi connectivity index (χ0) is 29.8. The van der Waals surface area contributed by atoms with Crippen molar-refractivity contribution in [3.05, 3.63) is 64.2 Å². The first-order valence-electron chi connectivity index (χ1n) is 14.5. The summed E-state index contributed by atoms with van der Waals surface area (Å²) in [5.74, 6) is -0.683. The van der Waals surface area contributed by atoms with Crippen LogP contribution in [0.1, 0.15) is 94.2 Å². The maximum Gasteiger partial charge on any atom is 0.408 e. The number of rotatable bonds is 9. The Bertz CT molecular complexity index is 1190. The van der Waals surface area contributed by atoms with Gasteiger partial charge in [-0.2, -0.15) is 0 Å². The minimum Gasteiger partial charge on any atom is -0.444 e. The molecule has 40 heavy (non-hydrogen) atoms. The summed E-state index contributed by atoms with van der Waals surface area (Å²) in [6.45, 7) is 17.2. The van der Waals surface area contributed by atoms with E-state index in [-0.39, 0.29) is 23.8 Å². The van der Waals surface area contributed by atoms with Crippen molar-refractivity contribution in [3.63, 3.8) is 0 Å². The molecule has 1 aliphatic carbocycles. The Kier molecular flexibility index (Phi) is 10.0. The van der Waals surface area contributed by atoms with Crippen molar-refractivity contribution >= 4 is 23.6 Å². The molecule has 1 aliphatic rings. The van der Waals surface area contributed by atoms with Crippen LogP contribution in [0.5, 0.6) is 0 Å². The first-order valence-corrected chi connectivity index (χ1v) is 14.5. The fraction of sp³-hybridized carbons (Fsp3) is 0.545. The highest BCUT2D eigenvalue weighted by Gasteiger charge is 2.43. The van der Waals surface area contributed by atoms with Gasteiger partial charge >= 0.3 is 6.09 Å². The molecule has 3 unspecified atom stereocenters. The molecule has 218 valence electrons. The second-order valence-corrected chi connectivity index (χ2v) is 12.4. The van der Waals surface area contributed by atoms with Crippen LogP contribution in [0.25, 0.3) is 0 Å². The van der Waals surface area contributed by atoms with Gasteiger partial charge in [0, 0.05) is 11.7 Å². The summed E-state index contributed by atoms with van der Waals surface area (Å²) in [6.07, 6.45) is 2.64. The summed E-state index contributed by atoms with van der Waals surface area (Å²) in [5.41, 5.74) is 4.77. The second kappa shape index (κ2) is 12.9. The SMILES string of the molecule is CCC(C)C(NC(=O)OC(C)(C)C)C(=O)N(C1CCC1)C(C(=O)Nc1c(C)cccc1C)c1cc(C)cc(C)c1. The molecule has 0 aliphatic heterocycles. The van der Waals surface area contributed by atoms with Crippen LogP contribution in [0.2, 0.25) is 0 Å². The number of ether oxygens (including phenoxy) is 1. The van der Waals surface area contributed by atoms with E-state index in [1.807, 2.05) is 71.9 Å². The number of hydrogen-bond donors (Lipinski definition) is 2. The van der Waals surface area contributed by atoms with E-state index in [4.69, 9.17) is 4.74 Å². The van der Waals surface area contributed by atoms with E-state index in [1.54, 1.807) is 25.7 Å². The maximum absolute atomic E-state index is 14.5. The minimum atomic E-state index is -0.859. The lowest BCUT2D eigenvalue weighted by atomic mass is 9.86. The Balaban J connectivity index is 2.10. The molecule has 3 atom stereocenters. The van der Waals surface area contributed by atoms with Crippen LogP contribution < -0.4 is 10.6 Å². The van der Waals surface area contributed by atoms with Gasteiger partial charge in [0.1, 0.15) is 17.7 Å².